The van der Waals surface area contributed by atoms with Crippen molar-refractivity contribution in [3.8, 4) is 0 Å². The third-order valence-electron chi connectivity index (χ3n) is 9.86. The van der Waals surface area contributed by atoms with Crippen molar-refractivity contribution < 1.29 is 10.2 Å². The topological polar surface area (TPSA) is 40.5 Å². The van der Waals surface area contributed by atoms with Crippen LogP contribution in [0.25, 0.3) is 0 Å². The molecule has 2 nitrogen and oxygen atoms in total. The quantitative estimate of drug-likeness (QED) is 0.559. The average molecular weight is 401 g/mol. The molecule has 2 fully saturated rings. The fourth-order valence-corrected chi connectivity index (χ4v) is 7.93. The number of hydrogen-bond donors (Lipinski definition) is 2. The smallest absolute Gasteiger partial charge is 0.0914 e. The molecule has 0 unspecified atom stereocenters. The molecule has 4 aliphatic carbocycles. The molecule has 0 aromatic carbocycles. The first-order valence-electron chi connectivity index (χ1n) is 12.4. The molecule has 0 bridgehead atoms. The van der Waals surface area contributed by atoms with Crippen molar-refractivity contribution in [1.82, 2.24) is 0 Å². The van der Waals surface area contributed by atoms with Crippen molar-refractivity contribution in [3.63, 3.8) is 0 Å². The van der Waals surface area contributed by atoms with Crippen molar-refractivity contribution in [2.75, 3.05) is 0 Å². The second-order valence-electron chi connectivity index (χ2n) is 12.0. The van der Waals surface area contributed by atoms with Crippen molar-refractivity contribution in [3.05, 3.63) is 23.3 Å². The van der Waals surface area contributed by atoms with E-state index < -0.39 is 5.60 Å². The van der Waals surface area contributed by atoms with Crippen LogP contribution < -0.4 is 0 Å². The van der Waals surface area contributed by atoms with Gasteiger partial charge in [0, 0.05) is 11.8 Å². The summed E-state index contributed by atoms with van der Waals surface area (Å²) in [5, 5.41) is 21.7. The summed E-state index contributed by atoms with van der Waals surface area (Å²) in [5.74, 6) is 2.89. The summed E-state index contributed by atoms with van der Waals surface area (Å²) in [4.78, 5) is 0. The first-order valence-corrected chi connectivity index (χ1v) is 12.4. The van der Waals surface area contributed by atoms with Gasteiger partial charge in [-0.05, 0) is 73.2 Å². The van der Waals surface area contributed by atoms with Crippen molar-refractivity contribution in [2.24, 2.45) is 34.5 Å². The monoisotopic (exact) mass is 400 g/mol. The molecule has 29 heavy (non-hydrogen) atoms. The summed E-state index contributed by atoms with van der Waals surface area (Å²) in [6.45, 7) is 12.1. The number of aliphatic hydroxyl groups is 2. The molecular weight excluding hydrogens is 356 g/mol. The highest BCUT2D eigenvalue weighted by Crippen LogP contribution is 2.65. The predicted octanol–water partition coefficient (Wildman–Crippen LogP) is 6.42. The molecule has 0 spiro atoms. The standard InChI is InChI=1S/C27H44O2/c1-18(2)7-6-8-19(3)22-9-10-23-21-12-16-27(29)17-20(28)11-15-26(27,5)24(21)13-14-25(22,23)4/h12,16,18-20,22,24,28-29H,6-11,13-15,17H2,1-5H3/t19-,20+,22-,24+,25-,26-,27-/m1/s1. The van der Waals surface area contributed by atoms with Gasteiger partial charge in [-0.15, -0.1) is 0 Å². The number of rotatable bonds is 5. The number of hydrogen-bond acceptors (Lipinski definition) is 2. The first-order chi connectivity index (χ1) is 13.6. The molecule has 0 saturated heterocycles. The van der Waals surface area contributed by atoms with Crippen LogP contribution >= 0.6 is 0 Å². The van der Waals surface area contributed by atoms with E-state index in [1.807, 2.05) is 0 Å². The van der Waals surface area contributed by atoms with Crippen LogP contribution in [0.5, 0.6) is 0 Å². The van der Waals surface area contributed by atoms with Gasteiger partial charge in [0.1, 0.15) is 0 Å². The molecule has 0 amide bonds. The fourth-order valence-electron chi connectivity index (χ4n) is 7.93. The van der Waals surface area contributed by atoms with Crippen LogP contribution in [0.4, 0.5) is 0 Å². The Morgan fingerprint density at radius 1 is 1.07 bits per heavy atom. The Morgan fingerprint density at radius 3 is 2.55 bits per heavy atom. The zero-order chi connectivity index (χ0) is 21.0. The predicted molar refractivity (Wildman–Crippen MR) is 120 cm³/mol. The van der Waals surface area contributed by atoms with Crippen molar-refractivity contribution in [1.29, 1.82) is 0 Å². The van der Waals surface area contributed by atoms with Gasteiger partial charge in [0.15, 0.2) is 0 Å². The molecule has 2 heteroatoms. The summed E-state index contributed by atoms with van der Waals surface area (Å²) in [7, 11) is 0. The van der Waals surface area contributed by atoms with Gasteiger partial charge in [0.2, 0.25) is 0 Å². The average Bonchev–Trinajstić information content (AvgIpc) is 2.99. The third-order valence-corrected chi connectivity index (χ3v) is 9.86. The van der Waals surface area contributed by atoms with Gasteiger partial charge in [-0.2, -0.15) is 0 Å². The van der Waals surface area contributed by atoms with Gasteiger partial charge >= 0.3 is 0 Å². The summed E-state index contributed by atoms with van der Waals surface area (Å²) in [6, 6.07) is 0. The maximum atomic E-state index is 11.5. The molecular formula is C27H44O2. The Hall–Kier alpha value is -0.600. The van der Waals surface area contributed by atoms with Gasteiger partial charge < -0.3 is 10.2 Å². The second kappa shape index (κ2) is 7.52. The van der Waals surface area contributed by atoms with Crippen LogP contribution in [0.2, 0.25) is 0 Å². The lowest BCUT2D eigenvalue weighted by atomic mass is 9.49. The molecule has 0 radical (unpaired) electrons. The largest absolute Gasteiger partial charge is 0.393 e. The Bertz CT molecular complexity index is 691. The maximum Gasteiger partial charge on any atom is 0.0914 e. The molecule has 4 rings (SSSR count). The SMILES string of the molecule is CC(C)CCC[C@@H](C)[C@H]1CCC2=C3C=C[C@@]4(O)C[C@@H](O)CC[C@]4(C)[C@H]3CC[C@@]21C. The highest BCUT2D eigenvalue weighted by molar-refractivity contribution is 5.44. The van der Waals surface area contributed by atoms with Crippen LogP contribution in [0, 0.1) is 34.5 Å². The fraction of sp³-hybridized carbons (Fsp3) is 0.852. The van der Waals surface area contributed by atoms with E-state index in [0.717, 1.165) is 30.6 Å². The summed E-state index contributed by atoms with van der Waals surface area (Å²) in [5.41, 5.74) is 2.69. The molecule has 164 valence electrons. The number of allylic oxidation sites excluding steroid dienone is 3. The molecule has 2 saturated carbocycles. The zero-order valence-electron chi connectivity index (χ0n) is 19.5. The van der Waals surface area contributed by atoms with Gasteiger partial charge in [0.25, 0.3) is 0 Å². The molecule has 7 atom stereocenters. The third kappa shape index (κ3) is 3.37. The minimum Gasteiger partial charge on any atom is -0.393 e. The van der Waals surface area contributed by atoms with Crippen LogP contribution in [0.15, 0.2) is 23.3 Å². The first kappa shape index (κ1) is 21.6. The Balaban J connectivity index is 1.61. The lowest BCUT2D eigenvalue weighted by molar-refractivity contribution is -0.132. The Morgan fingerprint density at radius 2 is 1.83 bits per heavy atom. The molecule has 0 aliphatic heterocycles. The van der Waals surface area contributed by atoms with Crippen molar-refractivity contribution >= 4 is 0 Å². The minimum atomic E-state index is -0.838. The van der Waals surface area contributed by atoms with E-state index in [-0.39, 0.29) is 11.5 Å². The molecule has 0 aromatic heterocycles. The van der Waals surface area contributed by atoms with E-state index in [1.165, 1.54) is 44.9 Å². The number of aliphatic hydroxyl groups excluding tert-OH is 1. The molecule has 0 aromatic rings. The highest BCUT2D eigenvalue weighted by Gasteiger charge is 2.59. The Labute approximate surface area is 178 Å². The maximum absolute atomic E-state index is 11.5. The summed E-state index contributed by atoms with van der Waals surface area (Å²) < 4.78 is 0. The van der Waals surface area contributed by atoms with E-state index in [4.69, 9.17) is 0 Å². The van der Waals surface area contributed by atoms with Crippen LogP contribution in [-0.2, 0) is 0 Å². The highest BCUT2D eigenvalue weighted by atomic mass is 16.3. The summed E-state index contributed by atoms with van der Waals surface area (Å²) in [6.07, 6.45) is 15.4. The lowest BCUT2D eigenvalue weighted by Crippen LogP contribution is -2.57. The van der Waals surface area contributed by atoms with E-state index in [9.17, 15) is 10.2 Å². The lowest BCUT2D eigenvalue weighted by Gasteiger charge is -2.58. The number of fused-ring (bicyclic) bond motifs is 4. The zero-order valence-corrected chi connectivity index (χ0v) is 19.5. The van der Waals surface area contributed by atoms with Gasteiger partial charge in [-0.25, -0.2) is 0 Å². The van der Waals surface area contributed by atoms with Gasteiger partial charge in [0.05, 0.1) is 11.7 Å². The molecule has 0 heterocycles. The van der Waals surface area contributed by atoms with Crippen molar-refractivity contribution in [2.45, 2.75) is 111 Å². The van der Waals surface area contributed by atoms with E-state index in [2.05, 4.69) is 46.8 Å². The van der Waals surface area contributed by atoms with E-state index in [0.29, 0.717) is 17.8 Å². The van der Waals surface area contributed by atoms with E-state index in [1.54, 1.807) is 11.1 Å². The summed E-state index contributed by atoms with van der Waals surface area (Å²) >= 11 is 0. The second-order valence-corrected chi connectivity index (χ2v) is 12.0. The molecule has 2 N–H and O–H groups in total. The van der Waals surface area contributed by atoms with Gasteiger partial charge in [-0.1, -0.05) is 71.6 Å². The normalized spacial score (nSPS) is 45.2. The van der Waals surface area contributed by atoms with Crippen LogP contribution in [0.3, 0.4) is 0 Å². The molecule has 4 aliphatic rings. The van der Waals surface area contributed by atoms with Crippen LogP contribution in [-0.4, -0.2) is 21.9 Å². The van der Waals surface area contributed by atoms with Crippen LogP contribution in [0.1, 0.15) is 98.8 Å². The van der Waals surface area contributed by atoms with E-state index >= 15 is 0 Å². The van der Waals surface area contributed by atoms with Gasteiger partial charge in [-0.3, -0.25) is 0 Å². The minimum absolute atomic E-state index is 0.119. The Kier molecular flexibility index (Phi) is 5.61.